The van der Waals surface area contributed by atoms with Crippen LogP contribution in [0.25, 0.3) is 27.7 Å². The number of pyridine rings is 1. The Labute approximate surface area is 161 Å². The molecule has 0 amide bonds. The number of nitrogens with zero attached hydrogens (tertiary/aromatic N) is 3. The fourth-order valence-electron chi connectivity index (χ4n) is 3.02. The molecule has 0 unspecified atom stereocenters. The van der Waals surface area contributed by atoms with E-state index in [-0.39, 0.29) is 18.0 Å². The van der Waals surface area contributed by atoms with Gasteiger partial charge in [-0.15, -0.1) is 12.4 Å². The fraction of sp³-hybridized carbons (Fsp3) is 0. The van der Waals surface area contributed by atoms with E-state index in [9.17, 15) is 10.1 Å². The third-order valence-corrected chi connectivity index (χ3v) is 4.33. The average Bonchev–Trinajstić information content (AvgIpc) is 3.06. The SMILES string of the molecule is Cl.N#Cc1cn(-c2ccc(C(=O)O)cc2)c2ccc(-c3ccncc3)cc12. The molecule has 0 bridgehead atoms. The molecule has 4 rings (SSSR count). The van der Waals surface area contributed by atoms with E-state index in [4.69, 9.17) is 5.11 Å². The van der Waals surface area contributed by atoms with Gasteiger partial charge in [-0.25, -0.2) is 4.79 Å². The van der Waals surface area contributed by atoms with Gasteiger partial charge in [-0.1, -0.05) is 6.07 Å². The number of carboxylic acids is 1. The lowest BCUT2D eigenvalue weighted by molar-refractivity contribution is 0.0697. The first-order valence-electron chi connectivity index (χ1n) is 7.97. The molecule has 27 heavy (non-hydrogen) atoms. The van der Waals surface area contributed by atoms with Crippen molar-refractivity contribution < 1.29 is 9.90 Å². The molecule has 2 aromatic heterocycles. The number of rotatable bonds is 3. The highest BCUT2D eigenvalue weighted by atomic mass is 35.5. The van der Waals surface area contributed by atoms with Crippen LogP contribution in [0.15, 0.2) is 73.2 Å². The van der Waals surface area contributed by atoms with Crippen molar-refractivity contribution in [1.29, 1.82) is 5.26 Å². The first kappa shape index (κ1) is 18.2. The number of nitriles is 1. The van der Waals surface area contributed by atoms with Crippen LogP contribution in [0.3, 0.4) is 0 Å². The molecule has 0 atom stereocenters. The number of fused-ring (bicyclic) bond motifs is 1. The van der Waals surface area contributed by atoms with Gasteiger partial charge in [-0.05, 0) is 59.7 Å². The monoisotopic (exact) mass is 375 g/mol. The summed E-state index contributed by atoms with van der Waals surface area (Å²) in [5.41, 5.74) is 4.53. The van der Waals surface area contributed by atoms with Crippen molar-refractivity contribution in [2.75, 3.05) is 0 Å². The summed E-state index contributed by atoms with van der Waals surface area (Å²) in [6.07, 6.45) is 5.25. The lowest BCUT2D eigenvalue weighted by atomic mass is 10.0. The predicted octanol–water partition coefficient (Wildman–Crippen LogP) is 4.68. The molecule has 5 nitrogen and oxygen atoms in total. The Balaban J connectivity index is 0.00000210. The smallest absolute Gasteiger partial charge is 0.335 e. The van der Waals surface area contributed by atoms with Crippen molar-refractivity contribution in [2.24, 2.45) is 0 Å². The highest BCUT2D eigenvalue weighted by Gasteiger charge is 2.12. The minimum absolute atomic E-state index is 0. The van der Waals surface area contributed by atoms with Crippen molar-refractivity contribution >= 4 is 29.3 Å². The predicted molar refractivity (Wildman–Crippen MR) is 105 cm³/mol. The van der Waals surface area contributed by atoms with Crippen molar-refractivity contribution in [3.8, 4) is 22.9 Å². The zero-order valence-electron chi connectivity index (χ0n) is 14.0. The molecule has 0 aliphatic heterocycles. The Bertz CT molecular complexity index is 1160. The van der Waals surface area contributed by atoms with E-state index in [2.05, 4.69) is 11.1 Å². The first-order valence-corrected chi connectivity index (χ1v) is 7.97. The van der Waals surface area contributed by atoms with Gasteiger partial charge in [0.1, 0.15) is 6.07 Å². The third kappa shape index (κ3) is 3.26. The molecule has 2 heterocycles. The Morgan fingerprint density at radius 2 is 1.70 bits per heavy atom. The van der Waals surface area contributed by atoms with Gasteiger partial charge in [0.25, 0.3) is 0 Å². The first-order chi connectivity index (χ1) is 12.7. The topological polar surface area (TPSA) is 78.9 Å². The van der Waals surface area contributed by atoms with Crippen LogP contribution in [0.2, 0.25) is 0 Å². The van der Waals surface area contributed by atoms with Crippen LogP contribution in [-0.2, 0) is 0 Å². The van der Waals surface area contributed by atoms with E-state index >= 15 is 0 Å². The minimum Gasteiger partial charge on any atom is -0.478 e. The maximum absolute atomic E-state index is 11.0. The van der Waals surface area contributed by atoms with Gasteiger partial charge < -0.3 is 9.67 Å². The summed E-state index contributed by atoms with van der Waals surface area (Å²) in [5.74, 6) is -0.964. The molecule has 1 N–H and O–H groups in total. The molecular formula is C21H14ClN3O2. The van der Waals surface area contributed by atoms with E-state index in [1.54, 1.807) is 42.9 Å². The van der Waals surface area contributed by atoms with Crippen LogP contribution >= 0.6 is 12.4 Å². The normalized spacial score (nSPS) is 10.2. The number of aromatic carboxylic acids is 1. The lowest BCUT2D eigenvalue weighted by Gasteiger charge is -2.07. The van der Waals surface area contributed by atoms with Gasteiger partial charge >= 0.3 is 5.97 Å². The average molecular weight is 376 g/mol. The van der Waals surface area contributed by atoms with Crippen LogP contribution in [0.4, 0.5) is 0 Å². The van der Waals surface area contributed by atoms with Crippen LogP contribution in [0.5, 0.6) is 0 Å². The number of benzene rings is 2. The second-order valence-corrected chi connectivity index (χ2v) is 5.84. The largest absolute Gasteiger partial charge is 0.478 e. The zero-order valence-corrected chi connectivity index (χ0v) is 14.9. The number of aromatic nitrogens is 2. The summed E-state index contributed by atoms with van der Waals surface area (Å²) in [6, 6.07) is 18.6. The van der Waals surface area contributed by atoms with E-state index in [0.29, 0.717) is 5.56 Å². The van der Waals surface area contributed by atoms with Gasteiger partial charge in [0.15, 0.2) is 0 Å². The highest BCUT2D eigenvalue weighted by molar-refractivity contribution is 5.92. The standard InChI is InChI=1S/C21H13N3O2.ClH/c22-12-17-13-24(18-4-1-15(2-5-18)21(25)26)20-6-3-16(11-19(17)20)14-7-9-23-10-8-14;/h1-11,13H,(H,25,26);1H. The molecule has 2 aromatic carbocycles. The molecule has 0 fully saturated rings. The quantitative estimate of drug-likeness (QED) is 0.563. The van der Waals surface area contributed by atoms with Gasteiger partial charge in [0.05, 0.1) is 16.6 Å². The van der Waals surface area contributed by atoms with Gasteiger partial charge in [-0.2, -0.15) is 5.26 Å². The lowest BCUT2D eigenvalue weighted by Crippen LogP contribution is -1.97. The Morgan fingerprint density at radius 3 is 2.33 bits per heavy atom. The van der Waals surface area contributed by atoms with E-state index in [0.717, 1.165) is 27.7 Å². The summed E-state index contributed by atoms with van der Waals surface area (Å²) >= 11 is 0. The number of halogens is 1. The van der Waals surface area contributed by atoms with Crippen LogP contribution in [0, 0.1) is 11.3 Å². The fourth-order valence-corrected chi connectivity index (χ4v) is 3.02. The van der Waals surface area contributed by atoms with Gasteiger partial charge in [-0.3, -0.25) is 4.98 Å². The number of hydrogen-bond acceptors (Lipinski definition) is 3. The molecule has 132 valence electrons. The third-order valence-electron chi connectivity index (χ3n) is 4.33. The number of carboxylic acid groups (broad SMARTS) is 1. The van der Waals surface area contributed by atoms with Crippen molar-refractivity contribution in [2.45, 2.75) is 0 Å². The molecule has 0 saturated carbocycles. The summed E-state index contributed by atoms with van der Waals surface area (Å²) in [5, 5.41) is 19.4. The van der Waals surface area contributed by atoms with Gasteiger partial charge in [0.2, 0.25) is 0 Å². The van der Waals surface area contributed by atoms with Crippen molar-refractivity contribution in [3.63, 3.8) is 0 Å². The molecule has 6 heteroatoms. The Morgan fingerprint density at radius 1 is 1.00 bits per heavy atom. The Kier molecular flexibility index (Phi) is 4.93. The van der Waals surface area contributed by atoms with Crippen LogP contribution in [0.1, 0.15) is 15.9 Å². The molecule has 0 radical (unpaired) electrons. The number of hydrogen-bond donors (Lipinski definition) is 1. The van der Waals surface area contributed by atoms with Gasteiger partial charge in [0, 0.05) is 29.7 Å². The summed E-state index contributed by atoms with van der Waals surface area (Å²) in [7, 11) is 0. The molecular weight excluding hydrogens is 362 g/mol. The summed E-state index contributed by atoms with van der Waals surface area (Å²) in [6.45, 7) is 0. The maximum atomic E-state index is 11.0. The summed E-state index contributed by atoms with van der Waals surface area (Å²) in [4.78, 5) is 15.1. The molecule has 4 aromatic rings. The Hall–Kier alpha value is -3.62. The van der Waals surface area contributed by atoms with E-state index in [1.807, 2.05) is 34.9 Å². The molecule has 0 aliphatic carbocycles. The van der Waals surface area contributed by atoms with Crippen molar-refractivity contribution in [3.05, 3.63) is 84.3 Å². The van der Waals surface area contributed by atoms with Crippen LogP contribution in [-0.4, -0.2) is 20.6 Å². The zero-order chi connectivity index (χ0) is 18.1. The molecule has 0 spiro atoms. The van der Waals surface area contributed by atoms with E-state index < -0.39 is 5.97 Å². The van der Waals surface area contributed by atoms with Crippen molar-refractivity contribution in [1.82, 2.24) is 9.55 Å². The second kappa shape index (κ2) is 7.32. The van der Waals surface area contributed by atoms with E-state index in [1.165, 1.54) is 0 Å². The van der Waals surface area contributed by atoms with Crippen LogP contribution < -0.4 is 0 Å². The second-order valence-electron chi connectivity index (χ2n) is 5.84. The maximum Gasteiger partial charge on any atom is 0.335 e. The highest BCUT2D eigenvalue weighted by Crippen LogP contribution is 2.29. The number of carbonyl (C=O) groups is 1. The molecule has 0 saturated heterocycles. The molecule has 0 aliphatic rings. The summed E-state index contributed by atoms with van der Waals surface area (Å²) < 4.78 is 1.90. The minimum atomic E-state index is -0.964.